The van der Waals surface area contributed by atoms with Crippen LogP contribution in [0.2, 0.25) is 0 Å². The van der Waals surface area contributed by atoms with Crippen molar-refractivity contribution in [2.75, 3.05) is 13.1 Å². The van der Waals surface area contributed by atoms with Crippen molar-refractivity contribution in [3.8, 4) is 5.75 Å². The van der Waals surface area contributed by atoms with Crippen LogP contribution in [0.15, 0.2) is 64.1 Å². The van der Waals surface area contributed by atoms with E-state index in [2.05, 4.69) is 33.1 Å². The zero-order valence-electron chi connectivity index (χ0n) is 13.9. The smallest absolute Gasteiger partial charge is 0.269 e. The van der Waals surface area contributed by atoms with Gasteiger partial charge in [-0.2, -0.15) is 0 Å². The van der Waals surface area contributed by atoms with Crippen molar-refractivity contribution in [1.82, 2.24) is 4.90 Å². The first kappa shape index (κ1) is 18.0. The lowest BCUT2D eigenvalue weighted by atomic mass is 10.2. The van der Waals surface area contributed by atoms with Gasteiger partial charge in [0.05, 0.1) is 6.54 Å². The molecule has 0 saturated heterocycles. The zero-order chi connectivity index (χ0) is 17.6. The summed E-state index contributed by atoms with van der Waals surface area (Å²) in [6.45, 7) is 3.04. The highest BCUT2D eigenvalue weighted by Crippen LogP contribution is 2.22. The van der Waals surface area contributed by atoms with Gasteiger partial charge in [0.1, 0.15) is 5.75 Å². The van der Waals surface area contributed by atoms with Crippen LogP contribution >= 0.6 is 27.7 Å². The number of para-hydroxylation sites is 1. The van der Waals surface area contributed by atoms with E-state index in [1.165, 1.54) is 5.56 Å². The summed E-state index contributed by atoms with van der Waals surface area (Å²) in [6.07, 6.45) is -0.543. The molecule has 0 bridgehead atoms. The van der Waals surface area contributed by atoms with Crippen LogP contribution in [0.1, 0.15) is 12.5 Å². The van der Waals surface area contributed by atoms with Crippen molar-refractivity contribution >= 4 is 38.8 Å². The fraction of sp³-hybridized carbons (Fsp3) is 0.263. The minimum absolute atomic E-state index is 0.0524. The second-order valence-electron chi connectivity index (χ2n) is 5.64. The number of halogens is 1. The summed E-state index contributed by atoms with van der Waals surface area (Å²) in [5, 5.41) is 0.774. The van der Waals surface area contributed by atoms with Gasteiger partial charge in [-0.1, -0.05) is 58.0 Å². The van der Waals surface area contributed by atoms with Gasteiger partial charge in [-0.25, -0.2) is 0 Å². The molecule has 3 rings (SSSR count). The molecule has 2 aromatic carbocycles. The van der Waals surface area contributed by atoms with E-state index in [9.17, 15) is 4.79 Å². The molecule has 0 unspecified atom stereocenters. The van der Waals surface area contributed by atoms with Crippen LogP contribution < -0.4 is 4.74 Å². The number of hydrogen-bond acceptors (Lipinski definition) is 4. The maximum absolute atomic E-state index is 12.7. The van der Waals surface area contributed by atoms with Crippen molar-refractivity contribution in [3.05, 3.63) is 64.6 Å². The Morgan fingerprint density at radius 2 is 1.96 bits per heavy atom. The zero-order valence-corrected chi connectivity index (χ0v) is 16.3. The van der Waals surface area contributed by atoms with Crippen LogP contribution in [0.4, 0.5) is 0 Å². The Labute approximate surface area is 160 Å². The van der Waals surface area contributed by atoms with Crippen LogP contribution in [0.3, 0.4) is 0 Å². The molecule has 6 heteroatoms. The number of carbonyl (C=O) groups is 1. The molecule has 0 radical (unpaired) electrons. The maximum atomic E-state index is 12.7. The molecule has 0 spiro atoms. The predicted octanol–water partition coefficient (Wildman–Crippen LogP) is 4.35. The van der Waals surface area contributed by atoms with E-state index >= 15 is 0 Å². The largest absolute Gasteiger partial charge is 0.481 e. The van der Waals surface area contributed by atoms with E-state index in [-0.39, 0.29) is 5.91 Å². The quantitative estimate of drug-likeness (QED) is 0.724. The number of carbonyl (C=O) groups excluding carboxylic acids is 1. The average molecular weight is 419 g/mol. The standard InChI is InChI=1S/C19H19BrN2O2S/c1-14(24-17-5-3-2-4-6-17)18(23)22-12-11-21-19(22)25-13-15-7-9-16(20)10-8-15/h2-10,14H,11-13H2,1H3/t14-/m1/s1. The molecule has 130 valence electrons. The summed E-state index contributed by atoms with van der Waals surface area (Å²) < 4.78 is 6.81. The SMILES string of the molecule is C[C@@H](Oc1ccccc1)C(=O)N1CCN=C1SCc1ccc(Br)cc1. The van der Waals surface area contributed by atoms with Crippen molar-refractivity contribution in [2.45, 2.75) is 18.8 Å². The Balaban J connectivity index is 1.58. The predicted molar refractivity (Wildman–Crippen MR) is 106 cm³/mol. The van der Waals surface area contributed by atoms with Gasteiger partial charge in [-0.05, 0) is 36.8 Å². The van der Waals surface area contributed by atoms with Crippen LogP contribution in [-0.4, -0.2) is 35.2 Å². The summed E-state index contributed by atoms with van der Waals surface area (Å²) in [5.41, 5.74) is 1.20. The molecule has 4 nitrogen and oxygen atoms in total. The lowest BCUT2D eigenvalue weighted by Gasteiger charge is -2.22. The van der Waals surface area contributed by atoms with Crippen molar-refractivity contribution in [1.29, 1.82) is 0 Å². The monoisotopic (exact) mass is 418 g/mol. The number of hydrogen-bond donors (Lipinski definition) is 0. The number of nitrogens with zero attached hydrogens (tertiary/aromatic N) is 2. The van der Waals surface area contributed by atoms with E-state index in [4.69, 9.17) is 4.74 Å². The van der Waals surface area contributed by atoms with E-state index in [1.807, 2.05) is 42.5 Å². The molecule has 0 aromatic heterocycles. The minimum Gasteiger partial charge on any atom is -0.481 e. The Kier molecular flexibility index (Phi) is 6.15. The fourth-order valence-corrected chi connectivity index (χ4v) is 3.73. The highest BCUT2D eigenvalue weighted by atomic mass is 79.9. The number of amidine groups is 1. The number of rotatable bonds is 5. The van der Waals surface area contributed by atoms with Gasteiger partial charge in [0, 0.05) is 16.8 Å². The van der Waals surface area contributed by atoms with Gasteiger partial charge in [0.25, 0.3) is 5.91 Å². The summed E-state index contributed by atoms with van der Waals surface area (Å²) in [6, 6.07) is 17.6. The lowest BCUT2D eigenvalue weighted by Crippen LogP contribution is -2.41. The molecule has 1 atom stereocenters. The lowest BCUT2D eigenvalue weighted by molar-refractivity contribution is -0.133. The molecule has 1 heterocycles. The number of amides is 1. The number of ether oxygens (including phenoxy) is 1. The van der Waals surface area contributed by atoms with Crippen molar-refractivity contribution in [3.63, 3.8) is 0 Å². The molecule has 25 heavy (non-hydrogen) atoms. The first-order valence-electron chi connectivity index (χ1n) is 8.08. The van der Waals surface area contributed by atoms with E-state index in [1.54, 1.807) is 23.6 Å². The first-order chi connectivity index (χ1) is 12.1. The molecule has 0 fully saturated rings. The van der Waals surface area contributed by atoms with Crippen LogP contribution in [0.5, 0.6) is 5.75 Å². The van der Waals surface area contributed by atoms with Crippen LogP contribution in [-0.2, 0) is 10.5 Å². The van der Waals surface area contributed by atoms with Crippen LogP contribution in [0.25, 0.3) is 0 Å². The Bertz CT molecular complexity index is 750. The minimum atomic E-state index is -0.543. The van der Waals surface area contributed by atoms with Crippen LogP contribution in [0, 0.1) is 0 Å². The highest BCUT2D eigenvalue weighted by molar-refractivity contribution is 9.10. The van der Waals surface area contributed by atoms with Gasteiger partial charge >= 0.3 is 0 Å². The molecule has 0 N–H and O–H groups in total. The molecular weight excluding hydrogens is 400 g/mol. The number of aliphatic imine (C=N–C) groups is 1. The third kappa shape index (κ3) is 4.86. The fourth-order valence-electron chi connectivity index (χ4n) is 2.46. The summed E-state index contributed by atoms with van der Waals surface area (Å²) in [5.74, 6) is 1.43. The van der Waals surface area contributed by atoms with Gasteiger partial charge in [0.15, 0.2) is 11.3 Å². The third-order valence-electron chi connectivity index (χ3n) is 3.75. The molecule has 0 aliphatic carbocycles. The highest BCUT2D eigenvalue weighted by Gasteiger charge is 2.29. The summed E-state index contributed by atoms with van der Waals surface area (Å²) in [7, 11) is 0. The Morgan fingerprint density at radius 1 is 1.24 bits per heavy atom. The molecule has 1 aliphatic heterocycles. The summed E-state index contributed by atoms with van der Waals surface area (Å²) >= 11 is 5.02. The first-order valence-corrected chi connectivity index (χ1v) is 9.86. The molecule has 2 aromatic rings. The summed E-state index contributed by atoms with van der Waals surface area (Å²) in [4.78, 5) is 18.9. The van der Waals surface area contributed by atoms with Crippen molar-refractivity contribution in [2.24, 2.45) is 4.99 Å². The van der Waals surface area contributed by atoms with Gasteiger partial charge in [-0.3, -0.25) is 14.7 Å². The Hall–Kier alpha value is -1.79. The maximum Gasteiger partial charge on any atom is 0.269 e. The molecule has 0 saturated carbocycles. The Morgan fingerprint density at radius 3 is 2.68 bits per heavy atom. The van der Waals surface area contributed by atoms with Gasteiger partial charge < -0.3 is 4.74 Å². The topological polar surface area (TPSA) is 41.9 Å². The normalized spacial score (nSPS) is 15.0. The van der Waals surface area contributed by atoms with Gasteiger partial charge in [0.2, 0.25) is 0 Å². The second kappa shape index (κ2) is 8.54. The van der Waals surface area contributed by atoms with E-state index in [0.717, 1.165) is 15.4 Å². The average Bonchev–Trinajstić information content (AvgIpc) is 3.10. The number of thioether (sulfide) groups is 1. The third-order valence-corrected chi connectivity index (χ3v) is 5.37. The van der Waals surface area contributed by atoms with E-state index < -0.39 is 6.10 Å². The van der Waals surface area contributed by atoms with Gasteiger partial charge in [-0.15, -0.1) is 0 Å². The molecule has 1 amide bonds. The second-order valence-corrected chi connectivity index (χ2v) is 7.50. The molecular formula is C19H19BrN2O2S. The van der Waals surface area contributed by atoms with E-state index in [0.29, 0.717) is 18.8 Å². The molecule has 1 aliphatic rings. The number of benzene rings is 2. The van der Waals surface area contributed by atoms with Crippen molar-refractivity contribution < 1.29 is 9.53 Å².